The first-order chi connectivity index (χ1) is 10.0. The van der Waals surface area contributed by atoms with E-state index < -0.39 is 0 Å². The van der Waals surface area contributed by atoms with Gasteiger partial charge >= 0.3 is 0 Å². The summed E-state index contributed by atoms with van der Waals surface area (Å²) >= 11 is 6.14. The SMILES string of the molecule is COc1cc(OC)c(NCC2(CC(N)=NO)CC2)cc1Cl. The Morgan fingerprint density at radius 1 is 1.38 bits per heavy atom. The number of rotatable bonds is 7. The lowest BCUT2D eigenvalue weighted by Crippen LogP contribution is -2.23. The zero-order valence-corrected chi connectivity index (χ0v) is 12.9. The maximum Gasteiger partial charge on any atom is 0.145 e. The molecule has 1 fully saturated rings. The Labute approximate surface area is 128 Å². The number of benzene rings is 1. The summed E-state index contributed by atoms with van der Waals surface area (Å²) < 4.78 is 10.5. The highest BCUT2D eigenvalue weighted by atomic mass is 35.5. The van der Waals surface area contributed by atoms with E-state index in [1.807, 2.05) is 0 Å². The number of amidine groups is 1. The molecule has 21 heavy (non-hydrogen) atoms. The van der Waals surface area contributed by atoms with E-state index in [1.165, 1.54) is 0 Å². The summed E-state index contributed by atoms with van der Waals surface area (Å²) in [6, 6.07) is 3.52. The number of nitrogens with two attached hydrogens (primary N) is 1. The molecule has 0 saturated heterocycles. The van der Waals surface area contributed by atoms with Gasteiger partial charge in [-0.25, -0.2) is 0 Å². The summed E-state index contributed by atoms with van der Waals surface area (Å²) in [5.74, 6) is 1.49. The lowest BCUT2D eigenvalue weighted by Gasteiger charge is -2.18. The van der Waals surface area contributed by atoms with Crippen LogP contribution in [0.3, 0.4) is 0 Å². The van der Waals surface area contributed by atoms with Gasteiger partial charge in [0, 0.05) is 19.0 Å². The standard InChI is InChI=1S/C14H20ClN3O3/c1-20-11-6-12(21-2)10(5-9(11)15)17-8-14(3-4-14)7-13(16)18-19/h5-6,17,19H,3-4,7-8H2,1-2H3,(H2,16,18). The van der Waals surface area contributed by atoms with Crippen LogP contribution in [0.15, 0.2) is 17.3 Å². The number of oxime groups is 1. The highest BCUT2D eigenvalue weighted by molar-refractivity contribution is 6.32. The molecule has 1 aliphatic rings. The molecule has 116 valence electrons. The van der Waals surface area contributed by atoms with E-state index in [0.717, 1.165) is 18.5 Å². The Balaban J connectivity index is 2.08. The number of halogens is 1. The van der Waals surface area contributed by atoms with Gasteiger partial charge in [-0.15, -0.1) is 0 Å². The molecule has 0 radical (unpaired) electrons. The third kappa shape index (κ3) is 3.64. The van der Waals surface area contributed by atoms with Gasteiger partial charge in [0.25, 0.3) is 0 Å². The molecule has 6 nitrogen and oxygen atoms in total. The van der Waals surface area contributed by atoms with E-state index in [2.05, 4.69) is 10.5 Å². The molecule has 0 bridgehead atoms. The van der Waals surface area contributed by atoms with Crippen LogP contribution in [0.2, 0.25) is 5.02 Å². The van der Waals surface area contributed by atoms with Crippen molar-refractivity contribution >= 4 is 23.1 Å². The Morgan fingerprint density at radius 3 is 2.57 bits per heavy atom. The Morgan fingerprint density at radius 2 is 2.05 bits per heavy atom. The molecule has 0 atom stereocenters. The minimum absolute atomic E-state index is 0.0493. The molecule has 1 aliphatic carbocycles. The smallest absolute Gasteiger partial charge is 0.145 e. The fourth-order valence-corrected chi connectivity index (χ4v) is 2.53. The van der Waals surface area contributed by atoms with Crippen LogP contribution < -0.4 is 20.5 Å². The van der Waals surface area contributed by atoms with Crippen molar-refractivity contribution in [2.45, 2.75) is 19.3 Å². The highest BCUT2D eigenvalue weighted by Gasteiger charge is 2.43. The van der Waals surface area contributed by atoms with Crippen molar-refractivity contribution in [1.82, 2.24) is 0 Å². The maximum atomic E-state index is 8.68. The van der Waals surface area contributed by atoms with Crippen molar-refractivity contribution in [3.63, 3.8) is 0 Å². The number of anilines is 1. The number of methoxy groups -OCH3 is 2. The molecule has 0 aromatic heterocycles. The normalized spacial score (nSPS) is 16.4. The fraction of sp³-hybridized carbons (Fsp3) is 0.500. The minimum atomic E-state index is 0.0493. The van der Waals surface area contributed by atoms with Crippen LogP contribution in [-0.2, 0) is 0 Å². The molecule has 1 aromatic carbocycles. The van der Waals surface area contributed by atoms with Crippen LogP contribution in [0.25, 0.3) is 0 Å². The van der Waals surface area contributed by atoms with Crippen molar-refractivity contribution in [3.8, 4) is 11.5 Å². The lowest BCUT2D eigenvalue weighted by atomic mass is 10.0. The first-order valence-corrected chi connectivity index (χ1v) is 7.03. The summed E-state index contributed by atoms with van der Waals surface area (Å²) in [4.78, 5) is 0. The van der Waals surface area contributed by atoms with Gasteiger partial charge in [0.15, 0.2) is 0 Å². The quantitative estimate of drug-likeness (QED) is 0.312. The molecule has 4 N–H and O–H groups in total. The van der Waals surface area contributed by atoms with E-state index >= 15 is 0 Å². The molecule has 0 spiro atoms. The Hall–Kier alpha value is -1.82. The van der Waals surface area contributed by atoms with Crippen LogP contribution in [0.4, 0.5) is 5.69 Å². The summed E-state index contributed by atoms with van der Waals surface area (Å²) in [7, 11) is 3.15. The molecule has 7 heteroatoms. The second kappa shape index (κ2) is 6.30. The number of ether oxygens (including phenoxy) is 2. The third-order valence-electron chi connectivity index (χ3n) is 3.77. The van der Waals surface area contributed by atoms with Crippen molar-refractivity contribution in [2.24, 2.45) is 16.3 Å². The zero-order valence-electron chi connectivity index (χ0n) is 12.1. The summed E-state index contributed by atoms with van der Waals surface area (Å²) in [5, 5.41) is 15.6. The Bertz CT molecular complexity index is 545. The van der Waals surface area contributed by atoms with Gasteiger partial charge in [-0.05, 0) is 24.3 Å². The average molecular weight is 314 g/mol. The zero-order chi connectivity index (χ0) is 15.5. The van der Waals surface area contributed by atoms with Gasteiger partial charge in [0.2, 0.25) is 0 Å². The van der Waals surface area contributed by atoms with Crippen LogP contribution in [0.1, 0.15) is 19.3 Å². The molecule has 0 amide bonds. The molecule has 2 rings (SSSR count). The van der Waals surface area contributed by atoms with Gasteiger partial charge in [-0.2, -0.15) is 0 Å². The molecular formula is C14H20ClN3O3. The van der Waals surface area contributed by atoms with Crippen molar-refractivity contribution < 1.29 is 14.7 Å². The van der Waals surface area contributed by atoms with Gasteiger partial charge < -0.3 is 25.7 Å². The second-order valence-electron chi connectivity index (χ2n) is 5.31. The van der Waals surface area contributed by atoms with Gasteiger partial charge in [-0.1, -0.05) is 16.8 Å². The predicted molar refractivity (Wildman–Crippen MR) is 82.7 cm³/mol. The average Bonchev–Trinajstić information content (AvgIpc) is 3.25. The van der Waals surface area contributed by atoms with E-state index in [0.29, 0.717) is 29.5 Å². The number of hydrogen-bond donors (Lipinski definition) is 3. The second-order valence-corrected chi connectivity index (χ2v) is 5.72. The first-order valence-electron chi connectivity index (χ1n) is 6.65. The maximum absolute atomic E-state index is 8.68. The van der Waals surface area contributed by atoms with E-state index in [1.54, 1.807) is 26.4 Å². The van der Waals surface area contributed by atoms with Crippen molar-refractivity contribution in [1.29, 1.82) is 0 Å². The third-order valence-corrected chi connectivity index (χ3v) is 4.06. The molecule has 0 aliphatic heterocycles. The summed E-state index contributed by atoms with van der Waals surface area (Å²) in [6.07, 6.45) is 2.66. The number of nitrogens with one attached hydrogen (secondary N) is 1. The van der Waals surface area contributed by atoms with Gasteiger partial charge in [-0.3, -0.25) is 0 Å². The number of nitrogens with zero attached hydrogens (tertiary/aromatic N) is 1. The topological polar surface area (TPSA) is 89.1 Å². The summed E-state index contributed by atoms with van der Waals surface area (Å²) in [6.45, 7) is 0.711. The van der Waals surface area contributed by atoms with Gasteiger partial charge in [0.05, 0.1) is 24.9 Å². The van der Waals surface area contributed by atoms with E-state index in [4.69, 9.17) is 32.0 Å². The first kappa shape index (κ1) is 15.6. The van der Waals surface area contributed by atoms with Crippen LogP contribution in [0.5, 0.6) is 11.5 Å². The molecule has 1 saturated carbocycles. The van der Waals surface area contributed by atoms with E-state index in [9.17, 15) is 0 Å². The fourth-order valence-electron chi connectivity index (χ4n) is 2.29. The summed E-state index contributed by atoms with van der Waals surface area (Å²) in [5.41, 5.74) is 6.45. The van der Waals surface area contributed by atoms with Crippen molar-refractivity contribution in [2.75, 3.05) is 26.1 Å². The monoisotopic (exact) mass is 313 g/mol. The molecule has 0 heterocycles. The minimum Gasteiger partial charge on any atom is -0.495 e. The van der Waals surface area contributed by atoms with Crippen molar-refractivity contribution in [3.05, 3.63) is 17.2 Å². The lowest BCUT2D eigenvalue weighted by molar-refractivity contribution is 0.315. The molecule has 1 aromatic rings. The van der Waals surface area contributed by atoms with E-state index in [-0.39, 0.29) is 11.3 Å². The largest absolute Gasteiger partial charge is 0.495 e. The molecule has 0 unspecified atom stereocenters. The van der Waals surface area contributed by atoms with Crippen LogP contribution in [0, 0.1) is 5.41 Å². The van der Waals surface area contributed by atoms with Crippen LogP contribution >= 0.6 is 11.6 Å². The number of hydrogen-bond acceptors (Lipinski definition) is 5. The van der Waals surface area contributed by atoms with Crippen LogP contribution in [-0.4, -0.2) is 31.8 Å². The highest BCUT2D eigenvalue weighted by Crippen LogP contribution is 2.49. The Kier molecular flexibility index (Phi) is 4.67. The predicted octanol–water partition coefficient (Wildman–Crippen LogP) is 2.69. The van der Waals surface area contributed by atoms with Gasteiger partial charge in [0.1, 0.15) is 17.3 Å². The molecular weight excluding hydrogens is 294 g/mol.